The molecule has 0 fully saturated rings. The highest BCUT2D eigenvalue weighted by molar-refractivity contribution is 5.97. The average Bonchev–Trinajstić information content (AvgIpc) is 2.83. The maximum Gasteiger partial charge on any atom is 0.118 e. The van der Waals surface area contributed by atoms with E-state index in [0.717, 1.165) is 5.75 Å². The van der Waals surface area contributed by atoms with E-state index in [-0.39, 0.29) is 0 Å². The lowest BCUT2D eigenvalue weighted by Crippen LogP contribution is -1.83. The van der Waals surface area contributed by atoms with Crippen LogP contribution in [0.2, 0.25) is 0 Å². The summed E-state index contributed by atoms with van der Waals surface area (Å²) >= 11 is 0. The van der Waals surface area contributed by atoms with Gasteiger partial charge in [-0.3, -0.25) is 0 Å². The lowest BCUT2D eigenvalue weighted by atomic mass is 10.0. The Labute approximate surface area is 107 Å². The third kappa shape index (κ3) is 1.95. The lowest BCUT2D eigenvalue weighted by molar-refractivity contribution is 0.415. The molecule has 0 unspecified atom stereocenters. The third-order valence-corrected chi connectivity index (χ3v) is 3.15. The summed E-state index contributed by atoms with van der Waals surface area (Å²) in [6, 6.07) is 16.5. The fourth-order valence-corrected chi connectivity index (χ4v) is 2.18. The number of allylic oxidation sites excluding steroid dienone is 2. The van der Waals surface area contributed by atoms with Gasteiger partial charge in [0, 0.05) is 0 Å². The highest BCUT2D eigenvalue weighted by atomic mass is 16.5. The Morgan fingerprint density at radius 2 is 1.67 bits per heavy atom. The first-order valence-electron chi connectivity index (χ1n) is 6.00. The minimum absolute atomic E-state index is 0.888. The van der Waals surface area contributed by atoms with Crippen molar-refractivity contribution in [1.82, 2.24) is 0 Å². The molecule has 0 amide bonds. The van der Waals surface area contributed by atoms with Crippen molar-refractivity contribution in [3.05, 3.63) is 71.3 Å². The fourth-order valence-electron chi connectivity index (χ4n) is 2.18. The first kappa shape index (κ1) is 10.8. The summed E-state index contributed by atoms with van der Waals surface area (Å²) in [6.07, 6.45) is 6.52. The van der Waals surface area contributed by atoms with Crippen LogP contribution in [0, 0.1) is 0 Å². The summed E-state index contributed by atoms with van der Waals surface area (Å²) in [7, 11) is 1.68. The second-order valence-electron chi connectivity index (χ2n) is 4.29. The van der Waals surface area contributed by atoms with Gasteiger partial charge in [0.1, 0.15) is 5.75 Å². The summed E-state index contributed by atoms with van der Waals surface area (Å²) < 4.78 is 5.16. The Balaban J connectivity index is 1.96. The highest BCUT2D eigenvalue weighted by Gasteiger charge is 2.08. The van der Waals surface area contributed by atoms with E-state index in [4.69, 9.17) is 4.74 Å². The Bertz CT molecular complexity index is 618. The van der Waals surface area contributed by atoms with Crippen LogP contribution in [0.4, 0.5) is 0 Å². The monoisotopic (exact) mass is 234 g/mol. The Morgan fingerprint density at radius 3 is 2.44 bits per heavy atom. The molecular weight excluding hydrogens is 220 g/mol. The van der Waals surface area contributed by atoms with Gasteiger partial charge in [0.15, 0.2) is 0 Å². The molecule has 0 aromatic heterocycles. The molecule has 18 heavy (non-hydrogen) atoms. The van der Waals surface area contributed by atoms with Gasteiger partial charge in [-0.05, 0) is 40.5 Å². The van der Waals surface area contributed by atoms with Gasteiger partial charge in [-0.15, -0.1) is 0 Å². The Hall–Kier alpha value is -2.28. The van der Waals surface area contributed by atoms with Crippen LogP contribution in [0.25, 0.3) is 17.7 Å². The summed E-state index contributed by atoms with van der Waals surface area (Å²) in [5, 5.41) is 0. The van der Waals surface area contributed by atoms with Crippen molar-refractivity contribution < 1.29 is 4.74 Å². The van der Waals surface area contributed by atoms with Crippen LogP contribution in [0.3, 0.4) is 0 Å². The number of hydrogen-bond donors (Lipinski definition) is 0. The molecule has 0 aliphatic heterocycles. The van der Waals surface area contributed by atoms with E-state index < -0.39 is 0 Å². The van der Waals surface area contributed by atoms with E-state index in [2.05, 4.69) is 54.6 Å². The van der Waals surface area contributed by atoms with Crippen LogP contribution in [0.1, 0.15) is 16.7 Å². The standard InChI is InChI=1S/C17H14O/c1-18-16-10-6-13(7-11-16)12-15-9-8-14-4-2-3-5-17(14)15/h2-12H,1H3/b15-12-. The maximum atomic E-state index is 5.16. The predicted molar refractivity (Wildman–Crippen MR) is 76.3 cm³/mol. The molecule has 88 valence electrons. The molecule has 1 aliphatic carbocycles. The second kappa shape index (κ2) is 4.53. The molecular formula is C17H14O. The normalized spacial score (nSPS) is 14.8. The fraction of sp³-hybridized carbons (Fsp3) is 0.0588. The molecule has 2 aromatic carbocycles. The molecule has 0 heterocycles. The quantitative estimate of drug-likeness (QED) is 0.754. The first-order chi connectivity index (χ1) is 8.86. The van der Waals surface area contributed by atoms with Crippen LogP contribution in [-0.4, -0.2) is 7.11 Å². The molecule has 0 spiro atoms. The SMILES string of the molecule is COc1ccc(/C=C2/C=Cc3ccccc32)cc1. The van der Waals surface area contributed by atoms with Crippen molar-refractivity contribution in [2.45, 2.75) is 0 Å². The molecule has 0 saturated heterocycles. The molecule has 1 aliphatic rings. The van der Waals surface area contributed by atoms with E-state index in [0.29, 0.717) is 0 Å². The highest BCUT2D eigenvalue weighted by Crippen LogP contribution is 2.30. The predicted octanol–water partition coefficient (Wildman–Crippen LogP) is 4.26. The van der Waals surface area contributed by atoms with Gasteiger partial charge < -0.3 is 4.74 Å². The van der Waals surface area contributed by atoms with Gasteiger partial charge in [-0.1, -0.05) is 48.6 Å². The third-order valence-electron chi connectivity index (χ3n) is 3.15. The molecule has 3 rings (SSSR count). The van der Waals surface area contributed by atoms with Gasteiger partial charge in [-0.25, -0.2) is 0 Å². The van der Waals surface area contributed by atoms with Gasteiger partial charge in [0.25, 0.3) is 0 Å². The summed E-state index contributed by atoms with van der Waals surface area (Å²) in [6.45, 7) is 0. The van der Waals surface area contributed by atoms with Gasteiger partial charge >= 0.3 is 0 Å². The summed E-state index contributed by atoms with van der Waals surface area (Å²) in [5.74, 6) is 0.888. The average molecular weight is 234 g/mol. The molecule has 0 radical (unpaired) electrons. The van der Waals surface area contributed by atoms with Crippen molar-refractivity contribution in [2.75, 3.05) is 7.11 Å². The van der Waals surface area contributed by atoms with E-state index in [9.17, 15) is 0 Å². The maximum absolute atomic E-state index is 5.16. The zero-order valence-corrected chi connectivity index (χ0v) is 10.3. The number of methoxy groups -OCH3 is 1. The Morgan fingerprint density at radius 1 is 0.889 bits per heavy atom. The summed E-state index contributed by atoms with van der Waals surface area (Å²) in [4.78, 5) is 0. The molecule has 0 N–H and O–H groups in total. The van der Waals surface area contributed by atoms with Crippen molar-refractivity contribution in [2.24, 2.45) is 0 Å². The zero-order chi connectivity index (χ0) is 12.4. The lowest BCUT2D eigenvalue weighted by Gasteiger charge is -2.02. The minimum Gasteiger partial charge on any atom is -0.497 e. The van der Waals surface area contributed by atoms with E-state index in [1.165, 1.54) is 22.3 Å². The Kier molecular flexibility index (Phi) is 2.73. The van der Waals surface area contributed by atoms with Crippen molar-refractivity contribution >= 4 is 17.7 Å². The topological polar surface area (TPSA) is 9.23 Å². The van der Waals surface area contributed by atoms with Crippen LogP contribution >= 0.6 is 0 Å². The number of fused-ring (bicyclic) bond motifs is 1. The van der Waals surface area contributed by atoms with Crippen LogP contribution in [0.5, 0.6) is 5.75 Å². The number of rotatable bonds is 2. The van der Waals surface area contributed by atoms with Crippen molar-refractivity contribution in [3.8, 4) is 5.75 Å². The molecule has 0 atom stereocenters. The largest absolute Gasteiger partial charge is 0.497 e. The molecule has 1 nitrogen and oxygen atoms in total. The molecule has 2 aromatic rings. The molecule has 1 heteroatoms. The van der Waals surface area contributed by atoms with E-state index in [1.807, 2.05) is 12.1 Å². The van der Waals surface area contributed by atoms with Crippen LogP contribution in [0.15, 0.2) is 54.6 Å². The van der Waals surface area contributed by atoms with Crippen molar-refractivity contribution in [3.63, 3.8) is 0 Å². The van der Waals surface area contributed by atoms with Crippen LogP contribution < -0.4 is 4.74 Å². The van der Waals surface area contributed by atoms with E-state index in [1.54, 1.807) is 7.11 Å². The van der Waals surface area contributed by atoms with Gasteiger partial charge in [-0.2, -0.15) is 0 Å². The van der Waals surface area contributed by atoms with Gasteiger partial charge in [0.2, 0.25) is 0 Å². The van der Waals surface area contributed by atoms with Crippen molar-refractivity contribution in [1.29, 1.82) is 0 Å². The number of ether oxygens (including phenoxy) is 1. The van der Waals surface area contributed by atoms with Gasteiger partial charge in [0.05, 0.1) is 7.11 Å². The first-order valence-corrected chi connectivity index (χ1v) is 6.00. The van der Waals surface area contributed by atoms with E-state index >= 15 is 0 Å². The summed E-state index contributed by atoms with van der Waals surface area (Å²) in [5.41, 5.74) is 5.04. The van der Waals surface area contributed by atoms with Crippen LogP contribution in [-0.2, 0) is 0 Å². The minimum atomic E-state index is 0.888. The molecule has 0 saturated carbocycles. The number of hydrogen-bond acceptors (Lipinski definition) is 1. The smallest absolute Gasteiger partial charge is 0.118 e. The second-order valence-corrected chi connectivity index (χ2v) is 4.29. The number of benzene rings is 2. The zero-order valence-electron chi connectivity index (χ0n) is 10.3. The molecule has 0 bridgehead atoms.